The summed E-state index contributed by atoms with van der Waals surface area (Å²) in [6.45, 7) is 3.89. The van der Waals surface area contributed by atoms with Gasteiger partial charge in [0.1, 0.15) is 5.60 Å². The number of aromatic nitrogens is 1. The number of rotatable bonds is 2. The van der Waals surface area contributed by atoms with Crippen LogP contribution in [0.2, 0.25) is 0 Å². The van der Waals surface area contributed by atoms with Crippen molar-refractivity contribution in [1.29, 1.82) is 0 Å². The Morgan fingerprint density at radius 2 is 2.00 bits per heavy atom. The third-order valence-electron chi connectivity index (χ3n) is 2.53. The zero-order valence-corrected chi connectivity index (χ0v) is 8.37. The van der Waals surface area contributed by atoms with Crippen LogP contribution < -0.4 is 5.90 Å². The first-order valence-corrected chi connectivity index (χ1v) is 4.59. The van der Waals surface area contributed by atoms with Crippen LogP contribution in [-0.4, -0.2) is 4.98 Å². The van der Waals surface area contributed by atoms with Crippen molar-refractivity contribution < 1.29 is 4.84 Å². The summed E-state index contributed by atoms with van der Waals surface area (Å²) in [6.07, 6.45) is 1.94. The number of aromatic amines is 1. The van der Waals surface area contributed by atoms with Crippen molar-refractivity contribution in [3.8, 4) is 0 Å². The summed E-state index contributed by atoms with van der Waals surface area (Å²) in [5.41, 5.74) is 1.72. The lowest BCUT2D eigenvalue weighted by Gasteiger charge is -2.21. The summed E-state index contributed by atoms with van der Waals surface area (Å²) < 4.78 is 0. The largest absolute Gasteiger partial charge is 0.361 e. The second-order valence-corrected chi connectivity index (χ2v) is 3.88. The lowest BCUT2D eigenvalue weighted by molar-refractivity contribution is -0.0225. The fourth-order valence-electron chi connectivity index (χ4n) is 1.63. The SMILES string of the molecule is CC(C)(ON)c1c[nH]c2ccccc12. The topological polar surface area (TPSA) is 51.0 Å². The predicted octanol–water partition coefficient (Wildman–Crippen LogP) is 2.29. The van der Waals surface area contributed by atoms with Crippen LogP contribution in [0, 0.1) is 0 Å². The van der Waals surface area contributed by atoms with Gasteiger partial charge in [0, 0.05) is 22.7 Å². The summed E-state index contributed by atoms with van der Waals surface area (Å²) in [4.78, 5) is 8.16. The molecule has 0 atom stereocenters. The fraction of sp³-hybridized carbons (Fsp3) is 0.273. The van der Waals surface area contributed by atoms with Gasteiger partial charge in [-0.15, -0.1) is 0 Å². The molecule has 0 amide bonds. The summed E-state index contributed by atoms with van der Waals surface area (Å²) in [6, 6.07) is 8.10. The molecule has 0 unspecified atom stereocenters. The monoisotopic (exact) mass is 190 g/mol. The Hall–Kier alpha value is -1.32. The minimum atomic E-state index is -0.459. The molecule has 0 bridgehead atoms. The highest BCUT2D eigenvalue weighted by Crippen LogP contribution is 2.29. The van der Waals surface area contributed by atoms with Crippen LogP contribution in [0.4, 0.5) is 0 Å². The molecule has 0 saturated carbocycles. The van der Waals surface area contributed by atoms with Crippen LogP contribution in [0.25, 0.3) is 10.9 Å². The molecule has 3 N–H and O–H groups in total. The number of hydrogen-bond acceptors (Lipinski definition) is 2. The third kappa shape index (κ3) is 1.31. The number of nitrogens with two attached hydrogens (primary N) is 1. The van der Waals surface area contributed by atoms with Gasteiger partial charge in [0.25, 0.3) is 0 Å². The Kier molecular flexibility index (Phi) is 2.06. The summed E-state index contributed by atoms with van der Waals surface area (Å²) in [5, 5.41) is 1.16. The second-order valence-electron chi connectivity index (χ2n) is 3.88. The maximum atomic E-state index is 5.27. The van der Waals surface area contributed by atoms with E-state index in [9.17, 15) is 0 Å². The van der Waals surface area contributed by atoms with Gasteiger partial charge in [0.15, 0.2) is 0 Å². The van der Waals surface area contributed by atoms with Crippen LogP contribution in [0.15, 0.2) is 30.5 Å². The molecule has 14 heavy (non-hydrogen) atoms. The number of hydrogen-bond donors (Lipinski definition) is 2. The zero-order chi connectivity index (χ0) is 10.2. The molecule has 0 spiro atoms. The quantitative estimate of drug-likeness (QED) is 0.714. The molecule has 1 aromatic heterocycles. The molecule has 1 aromatic carbocycles. The molecule has 74 valence electrons. The molecule has 1 heterocycles. The molecule has 0 radical (unpaired) electrons. The number of fused-ring (bicyclic) bond motifs is 1. The summed E-state index contributed by atoms with van der Waals surface area (Å²) >= 11 is 0. The van der Waals surface area contributed by atoms with Gasteiger partial charge in [0.2, 0.25) is 0 Å². The molecule has 0 fully saturated rings. The van der Waals surface area contributed by atoms with E-state index in [1.54, 1.807) is 0 Å². The molecule has 0 aliphatic heterocycles. The second kappa shape index (κ2) is 3.12. The lowest BCUT2D eigenvalue weighted by Crippen LogP contribution is -2.24. The van der Waals surface area contributed by atoms with E-state index in [1.165, 1.54) is 0 Å². The first kappa shape index (κ1) is 9.24. The molecule has 0 aliphatic rings. The van der Waals surface area contributed by atoms with Crippen molar-refractivity contribution >= 4 is 10.9 Å². The average molecular weight is 190 g/mol. The molecule has 0 saturated heterocycles. The Labute approximate surface area is 82.8 Å². The van der Waals surface area contributed by atoms with Crippen LogP contribution in [0.3, 0.4) is 0 Å². The Morgan fingerprint density at radius 3 is 2.71 bits per heavy atom. The van der Waals surface area contributed by atoms with E-state index in [0.29, 0.717) is 0 Å². The smallest absolute Gasteiger partial charge is 0.111 e. The Balaban J connectivity index is 2.64. The van der Waals surface area contributed by atoms with Crippen LogP contribution >= 0.6 is 0 Å². The highest BCUT2D eigenvalue weighted by atomic mass is 16.6. The van der Waals surface area contributed by atoms with E-state index in [1.807, 2.05) is 38.2 Å². The number of benzene rings is 1. The van der Waals surface area contributed by atoms with Crippen molar-refractivity contribution in [2.24, 2.45) is 5.90 Å². The summed E-state index contributed by atoms with van der Waals surface area (Å²) in [7, 11) is 0. The Morgan fingerprint density at radius 1 is 1.29 bits per heavy atom. The standard InChI is InChI=1S/C11H14N2O/c1-11(2,14-12)9-7-13-10-6-4-3-5-8(9)10/h3-7,13H,12H2,1-2H3. The highest BCUT2D eigenvalue weighted by Gasteiger charge is 2.23. The van der Waals surface area contributed by atoms with Gasteiger partial charge in [0.05, 0.1) is 0 Å². The molecule has 0 aliphatic carbocycles. The van der Waals surface area contributed by atoms with Gasteiger partial charge in [-0.2, -0.15) is 0 Å². The first-order valence-electron chi connectivity index (χ1n) is 4.59. The van der Waals surface area contributed by atoms with E-state index in [4.69, 9.17) is 10.7 Å². The van der Waals surface area contributed by atoms with Crippen molar-refractivity contribution in [1.82, 2.24) is 4.98 Å². The van der Waals surface area contributed by atoms with E-state index < -0.39 is 5.60 Å². The van der Waals surface area contributed by atoms with Gasteiger partial charge >= 0.3 is 0 Å². The normalized spacial score (nSPS) is 12.2. The highest BCUT2D eigenvalue weighted by molar-refractivity contribution is 5.83. The van der Waals surface area contributed by atoms with E-state index in [-0.39, 0.29) is 0 Å². The number of nitrogens with one attached hydrogen (secondary N) is 1. The van der Waals surface area contributed by atoms with E-state index in [0.717, 1.165) is 16.5 Å². The maximum Gasteiger partial charge on any atom is 0.111 e. The van der Waals surface area contributed by atoms with Crippen LogP contribution in [-0.2, 0) is 10.4 Å². The summed E-state index contributed by atoms with van der Waals surface area (Å²) in [5.74, 6) is 5.27. The van der Waals surface area contributed by atoms with Crippen LogP contribution in [0.1, 0.15) is 19.4 Å². The van der Waals surface area contributed by atoms with Gasteiger partial charge in [-0.1, -0.05) is 18.2 Å². The molecule has 3 nitrogen and oxygen atoms in total. The minimum absolute atomic E-state index is 0.459. The maximum absolute atomic E-state index is 5.27. The molecule has 2 rings (SSSR count). The molecule has 3 heteroatoms. The lowest BCUT2D eigenvalue weighted by atomic mass is 9.98. The zero-order valence-electron chi connectivity index (χ0n) is 8.37. The number of H-pyrrole nitrogens is 1. The van der Waals surface area contributed by atoms with Crippen molar-refractivity contribution in [3.05, 3.63) is 36.0 Å². The third-order valence-corrected chi connectivity index (χ3v) is 2.53. The van der Waals surface area contributed by atoms with Gasteiger partial charge in [-0.05, 0) is 19.9 Å². The van der Waals surface area contributed by atoms with Crippen molar-refractivity contribution in [2.45, 2.75) is 19.4 Å². The van der Waals surface area contributed by atoms with Gasteiger partial charge in [-0.25, -0.2) is 5.90 Å². The van der Waals surface area contributed by atoms with E-state index in [2.05, 4.69) is 11.1 Å². The van der Waals surface area contributed by atoms with Crippen LogP contribution in [0.5, 0.6) is 0 Å². The molecule has 2 aromatic rings. The van der Waals surface area contributed by atoms with Crippen molar-refractivity contribution in [3.63, 3.8) is 0 Å². The predicted molar refractivity (Wildman–Crippen MR) is 56.6 cm³/mol. The van der Waals surface area contributed by atoms with E-state index >= 15 is 0 Å². The van der Waals surface area contributed by atoms with Crippen molar-refractivity contribution in [2.75, 3.05) is 0 Å². The molecular weight excluding hydrogens is 176 g/mol. The Bertz CT molecular complexity index is 445. The van der Waals surface area contributed by atoms with Gasteiger partial charge < -0.3 is 4.98 Å². The molecular formula is C11H14N2O. The van der Waals surface area contributed by atoms with Gasteiger partial charge in [-0.3, -0.25) is 4.84 Å². The fourth-order valence-corrected chi connectivity index (χ4v) is 1.63. The number of para-hydroxylation sites is 1. The average Bonchev–Trinajstić information content (AvgIpc) is 2.61. The minimum Gasteiger partial charge on any atom is -0.361 e. The first-order chi connectivity index (χ1) is 6.65.